The lowest BCUT2D eigenvalue weighted by atomic mass is 10.1. The smallest absolute Gasteiger partial charge is 0.206 e. The number of fused-ring (bicyclic) bond motifs is 10. The molecule has 0 radical (unpaired) electrons. The van der Waals surface area contributed by atoms with Crippen molar-refractivity contribution in [2.75, 3.05) is 9.80 Å². The Bertz CT molecular complexity index is 2360. The van der Waals surface area contributed by atoms with Gasteiger partial charge in [0, 0.05) is 9.79 Å². The topological polar surface area (TPSA) is 76.1 Å². The first-order chi connectivity index (χ1) is 21.8. The molecule has 10 heteroatoms. The van der Waals surface area contributed by atoms with Crippen LogP contribution < -0.4 is 14.5 Å². The minimum Gasteiger partial charge on any atom is -0.453 e. The van der Waals surface area contributed by atoms with Gasteiger partial charge in [-0.25, -0.2) is 0 Å². The molecule has 2 aliphatic heterocycles. The summed E-state index contributed by atoms with van der Waals surface area (Å²) in [5, 5.41) is 17.5. The zero-order valence-electron chi connectivity index (χ0n) is 22.9. The summed E-state index contributed by atoms with van der Waals surface area (Å²) in [4.78, 5) is 7.00. The van der Waals surface area contributed by atoms with Gasteiger partial charge in [-0.2, -0.15) is 0 Å². The molecular weight excluding hydrogens is 568 g/mol. The number of ether oxygens (including phenoxy) is 1. The van der Waals surface area contributed by atoms with Crippen molar-refractivity contribution >= 4 is 68.2 Å². The molecule has 0 unspecified atom stereocenters. The standard InChI is InChI=1S/C34H20N8OS/c1-5-13-28-22(9-1)42(23-10-2-6-14-29(23)43-28)27-18-21(17-26-32(27)40-20-36-38-34(40)33-37-35-19-39(26)33)41-24-11-3-7-15-30(24)44-31-16-8-4-12-25(31)41/h1-20H. The number of hydrogen-bond acceptors (Lipinski definition) is 8. The van der Waals surface area contributed by atoms with Crippen LogP contribution in [-0.2, 0) is 0 Å². The average Bonchev–Trinajstić information content (AvgIpc) is 3.76. The Kier molecular flexibility index (Phi) is 4.74. The van der Waals surface area contributed by atoms with Crippen LogP contribution in [0.15, 0.2) is 132 Å². The van der Waals surface area contributed by atoms with Gasteiger partial charge in [-0.05, 0) is 60.7 Å². The molecule has 2 aliphatic rings. The number of anilines is 6. The highest BCUT2D eigenvalue weighted by molar-refractivity contribution is 7.99. The van der Waals surface area contributed by atoms with Crippen molar-refractivity contribution in [3.05, 3.63) is 122 Å². The van der Waals surface area contributed by atoms with E-state index in [1.165, 1.54) is 9.79 Å². The van der Waals surface area contributed by atoms with Crippen LogP contribution in [0.2, 0.25) is 0 Å². The van der Waals surface area contributed by atoms with Gasteiger partial charge in [0.15, 0.2) is 11.5 Å². The quantitative estimate of drug-likeness (QED) is 0.199. The van der Waals surface area contributed by atoms with Crippen LogP contribution in [0.25, 0.3) is 22.3 Å². The Morgan fingerprint density at radius 1 is 0.523 bits per heavy atom. The van der Waals surface area contributed by atoms with Crippen molar-refractivity contribution in [3.8, 4) is 11.5 Å². The molecule has 0 N–H and O–H groups in total. The van der Waals surface area contributed by atoms with Gasteiger partial charge in [-0.1, -0.05) is 60.3 Å². The summed E-state index contributed by atoms with van der Waals surface area (Å²) in [6, 6.07) is 37.8. The molecule has 0 spiro atoms. The molecule has 3 aromatic heterocycles. The molecule has 44 heavy (non-hydrogen) atoms. The van der Waals surface area contributed by atoms with Crippen molar-refractivity contribution in [2.45, 2.75) is 9.79 Å². The first kappa shape index (κ1) is 23.7. The summed E-state index contributed by atoms with van der Waals surface area (Å²) < 4.78 is 10.4. The van der Waals surface area contributed by atoms with Crippen LogP contribution in [-0.4, -0.2) is 29.2 Å². The normalized spacial score (nSPS) is 13.5. The fraction of sp³-hybridized carbons (Fsp3) is 0. The van der Waals surface area contributed by atoms with E-state index in [-0.39, 0.29) is 0 Å². The van der Waals surface area contributed by atoms with Crippen LogP contribution >= 0.6 is 11.8 Å². The molecule has 0 fully saturated rings. The van der Waals surface area contributed by atoms with Crippen molar-refractivity contribution in [1.29, 1.82) is 0 Å². The van der Waals surface area contributed by atoms with Gasteiger partial charge in [-0.3, -0.25) is 8.80 Å². The van der Waals surface area contributed by atoms with Crippen molar-refractivity contribution in [1.82, 2.24) is 29.2 Å². The first-order valence-corrected chi connectivity index (χ1v) is 15.0. The van der Waals surface area contributed by atoms with Crippen LogP contribution in [0, 0.1) is 0 Å². The Morgan fingerprint density at radius 3 is 1.73 bits per heavy atom. The molecule has 0 saturated heterocycles. The van der Waals surface area contributed by atoms with E-state index in [9.17, 15) is 0 Å². The lowest BCUT2D eigenvalue weighted by Gasteiger charge is -2.36. The van der Waals surface area contributed by atoms with E-state index < -0.39 is 0 Å². The van der Waals surface area contributed by atoms with E-state index >= 15 is 0 Å². The summed E-state index contributed by atoms with van der Waals surface area (Å²) in [6.07, 6.45) is 3.49. The molecule has 0 atom stereocenters. The fourth-order valence-corrected chi connectivity index (χ4v) is 7.44. The third-order valence-corrected chi connectivity index (χ3v) is 9.34. The zero-order valence-corrected chi connectivity index (χ0v) is 23.8. The van der Waals surface area contributed by atoms with E-state index in [2.05, 4.69) is 103 Å². The molecule has 9 nitrogen and oxygen atoms in total. The van der Waals surface area contributed by atoms with Crippen molar-refractivity contribution < 1.29 is 4.74 Å². The van der Waals surface area contributed by atoms with Crippen molar-refractivity contribution in [2.24, 2.45) is 0 Å². The molecule has 8 aromatic rings. The van der Waals surface area contributed by atoms with Crippen LogP contribution in [0.3, 0.4) is 0 Å². The Labute approximate surface area is 254 Å². The minimum absolute atomic E-state index is 0.629. The van der Waals surface area contributed by atoms with E-state index in [1.54, 1.807) is 24.4 Å². The highest BCUT2D eigenvalue weighted by Crippen LogP contribution is 2.55. The summed E-state index contributed by atoms with van der Waals surface area (Å²) in [5.41, 5.74) is 9.14. The molecule has 0 bridgehead atoms. The molecule has 0 aliphatic carbocycles. The molecular formula is C34H20N8OS. The average molecular weight is 589 g/mol. The van der Waals surface area contributed by atoms with Gasteiger partial charge < -0.3 is 14.5 Å². The minimum atomic E-state index is 0.629. The van der Waals surface area contributed by atoms with E-state index in [4.69, 9.17) is 4.74 Å². The summed E-state index contributed by atoms with van der Waals surface area (Å²) >= 11 is 1.79. The third kappa shape index (κ3) is 3.20. The first-order valence-electron chi connectivity index (χ1n) is 14.1. The van der Waals surface area contributed by atoms with Crippen LogP contribution in [0.4, 0.5) is 34.1 Å². The Morgan fingerprint density at radius 2 is 1.07 bits per heavy atom. The number of benzene rings is 5. The summed E-state index contributed by atoms with van der Waals surface area (Å²) in [7, 11) is 0. The van der Waals surface area contributed by atoms with Gasteiger partial charge in [0.25, 0.3) is 0 Å². The maximum absolute atomic E-state index is 6.40. The predicted molar refractivity (Wildman–Crippen MR) is 171 cm³/mol. The molecule has 5 aromatic carbocycles. The lowest BCUT2D eigenvalue weighted by molar-refractivity contribution is 0.477. The Hall–Kier alpha value is -5.87. The second-order valence-corrected chi connectivity index (χ2v) is 11.7. The maximum Gasteiger partial charge on any atom is 0.206 e. The van der Waals surface area contributed by atoms with Gasteiger partial charge in [0.2, 0.25) is 11.3 Å². The molecule has 5 heterocycles. The molecule has 0 amide bonds. The van der Waals surface area contributed by atoms with Gasteiger partial charge in [0.05, 0.1) is 45.2 Å². The predicted octanol–water partition coefficient (Wildman–Crippen LogP) is 8.44. The monoisotopic (exact) mass is 588 g/mol. The number of nitrogens with zero attached hydrogens (tertiary/aromatic N) is 8. The van der Waals surface area contributed by atoms with Gasteiger partial charge in [-0.15, -0.1) is 20.4 Å². The second-order valence-electron chi connectivity index (χ2n) is 10.6. The highest BCUT2D eigenvalue weighted by Gasteiger charge is 2.31. The lowest BCUT2D eigenvalue weighted by Crippen LogP contribution is -2.19. The Balaban J connectivity index is 1.37. The van der Waals surface area contributed by atoms with Crippen LogP contribution in [0.5, 0.6) is 11.5 Å². The van der Waals surface area contributed by atoms with E-state index in [0.717, 1.165) is 56.7 Å². The van der Waals surface area contributed by atoms with Gasteiger partial charge >= 0.3 is 0 Å². The fourth-order valence-electron chi connectivity index (χ4n) is 6.38. The van der Waals surface area contributed by atoms with Crippen LogP contribution in [0.1, 0.15) is 0 Å². The maximum atomic E-state index is 6.40. The van der Waals surface area contributed by atoms with Crippen molar-refractivity contribution in [3.63, 3.8) is 0 Å². The molecule has 0 saturated carbocycles. The van der Waals surface area contributed by atoms with E-state index in [0.29, 0.717) is 11.3 Å². The number of rotatable bonds is 2. The largest absolute Gasteiger partial charge is 0.453 e. The summed E-state index contributed by atoms with van der Waals surface area (Å²) in [5.74, 6) is 1.56. The third-order valence-electron chi connectivity index (χ3n) is 8.21. The number of para-hydroxylation sites is 6. The van der Waals surface area contributed by atoms with Gasteiger partial charge in [0.1, 0.15) is 12.7 Å². The highest BCUT2D eigenvalue weighted by atomic mass is 32.2. The number of aromatic nitrogens is 6. The zero-order chi connectivity index (χ0) is 28.8. The number of hydrogen-bond donors (Lipinski definition) is 0. The second kappa shape index (κ2) is 8.82. The molecule has 208 valence electrons. The molecule has 10 rings (SSSR count). The summed E-state index contributed by atoms with van der Waals surface area (Å²) in [6.45, 7) is 0. The van der Waals surface area contributed by atoms with E-state index in [1.807, 2.05) is 45.2 Å². The SMILES string of the molecule is c1ccc2c(c1)Oc1ccccc1N2c1cc(N2c3ccccc3Sc3ccccc32)cc2c1n1cnnc1c1nncn21.